The SMILES string of the molecule is O=C(Nc1ccc(Oc2ccccc2)cc1)c1csc([C@@H]2O[C@H](CO)[C@@H](O)[C@H]2O)n1. The number of aromatic nitrogens is 1. The van der Waals surface area contributed by atoms with Gasteiger partial charge in [0.15, 0.2) is 0 Å². The number of aliphatic hydroxyl groups is 3. The number of carbonyl (C=O) groups is 1. The van der Waals surface area contributed by atoms with Gasteiger partial charge in [-0.2, -0.15) is 0 Å². The van der Waals surface area contributed by atoms with Crippen LogP contribution in [0.5, 0.6) is 11.5 Å². The average Bonchev–Trinajstić information content (AvgIpc) is 3.36. The minimum absolute atomic E-state index is 0.164. The molecule has 2 aromatic carbocycles. The molecule has 30 heavy (non-hydrogen) atoms. The van der Waals surface area contributed by atoms with Crippen LogP contribution in [0, 0.1) is 0 Å². The second-order valence-corrected chi connectivity index (χ2v) is 7.61. The zero-order valence-corrected chi connectivity index (χ0v) is 16.5. The molecule has 4 N–H and O–H groups in total. The first-order chi connectivity index (χ1) is 14.5. The van der Waals surface area contributed by atoms with E-state index in [1.807, 2.05) is 30.3 Å². The van der Waals surface area contributed by atoms with Crippen LogP contribution < -0.4 is 10.1 Å². The fraction of sp³-hybridized carbons (Fsp3) is 0.238. The van der Waals surface area contributed by atoms with Crippen LogP contribution in [0.1, 0.15) is 21.6 Å². The topological polar surface area (TPSA) is 121 Å². The minimum atomic E-state index is -1.22. The normalized spacial score (nSPS) is 23.3. The Labute approximate surface area is 176 Å². The average molecular weight is 428 g/mol. The lowest BCUT2D eigenvalue weighted by atomic mass is 10.1. The van der Waals surface area contributed by atoms with Crippen LogP contribution >= 0.6 is 11.3 Å². The summed E-state index contributed by atoms with van der Waals surface area (Å²) in [6, 6.07) is 16.3. The van der Waals surface area contributed by atoms with Crippen LogP contribution in [0.15, 0.2) is 60.0 Å². The lowest BCUT2D eigenvalue weighted by Crippen LogP contribution is -2.32. The van der Waals surface area contributed by atoms with E-state index in [4.69, 9.17) is 9.47 Å². The van der Waals surface area contributed by atoms with Crippen molar-refractivity contribution in [3.05, 3.63) is 70.7 Å². The number of benzene rings is 2. The predicted molar refractivity (Wildman–Crippen MR) is 110 cm³/mol. The van der Waals surface area contributed by atoms with Gasteiger partial charge in [0.25, 0.3) is 5.91 Å². The number of hydrogen-bond acceptors (Lipinski definition) is 8. The van der Waals surface area contributed by atoms with Crippen LogP contribution in [-0.2, 0) is 4.74 Å². The Morgan fingerprint density at radius 2 is 1.77 bits per heavy atom. The number of nitrogens with zero attached hydrogens (tertiary/aromatic N) is 1. The van der Waals surface area contributed by atoms with Gasteiger partial charge in [-0.15, -0.1) is 11.3 Å². The first-order valence-corrected chi connectivity index (χ1v) is 10.2. The molecule has 8 nitrogen and oxygen atoms in total. The summed E-state index contributed by atoms with van der Waals surface area (Å²) in [4.78, 5) is 16.7. The van der Waals surface area contributed by atoms with Crippen LogP contribution in [-0.4, -0.2) is 51.1 Å². The third-order valence-corrected chi connectivity index (χ3v) is 5.54. The van der Waals surface area contributed by atoms with Gasteiger partial charge in [-0.25, -0.2) is 4.98 Å². The molecule has 156 valence electrons. The molecule has 0 radical (unpaired) electrons. The molecule has 1 amide bonds. The number of ether oxygens (including phenoxy) is 2. The molecule has 1 fully saturated rings. The van der Waals surface area contributed by atoms with E-state index < -0.39 is 36.9 Å². The highest BCUT2D eigenvalue weighted by molar-refractivity contribution is 7.09. The molecule has 4 atom stereocenters. The second-order valence-electron chi connectivity index (χ2n) is 6.72. The van der Waals surface area contributed by atoms with Crippen molar-refractivity contribution in [2.24, 2.45) is 0 Å². The molecule has 1 aromatic heterocycles. The summed E-state index contributed by atoms with van der Waals surface area (Å²) < 4.78 is 11.2. The number of carbonyl (C=O) groups excluding carboxylic acids is 1. The summed E-state index contributed by atoms with van der Waals surface area (Å²) in [7, 11) is 0. The molecular weight excluding hydrogens is 408 g/mol. The van der Waals surface area contributed by atoms with Crippen molar-refractivity contribution >= 4 is 22.9 Å². The van der Waals surface area contributed by atoms with Crippen molar-refractivity contribution in [1.82, 2.24) is 4.98 Å². The van der Waals surface area contributed by atoms with E-state index in [1.54, 1.807) is 29.6 Å². The summed E-state index contributed by atoms with van der Waals surface area (Å²) in [5, 5.41) is 33.8. The monoisotopic (exact) mass is 428 g/mol. The van der Waals surface area contributed by atoms with E-state index in [2.05, 4.69) is 10.3 Å². The lowest BCUT2D eigenvalue weighted by Gasteiger charge is -2.11. The van der Waals surface area contributed by atoms with Crippen LogP contribution in [0.2, 0.25) is 0 Å². The van der Waals surface area contributed by atoms with E-state index in [0.29, 0.717) is 22.2 Å². The molecule has 0 unspecified atom stereocenters. The fourth-order valence-electron chi connectivity index (χ4n) is 3.05. The lowest BCUT2D eigenvalue weighted by molar-refractivity contribution is -0.0228. The van der Waals surface area contributed by atoms with Gasteiger partial charge in [-0.3, -0.25) is 4.79 Å². The van der Waals surface area contributed by atoms with Gasteiger partial charge < -0.3 is 30.1 Å². The number of aliphatic hydroxyl groups excluding tert-OH is 3. The Bertz CT molecular complexity index is 994. The van der Waals surface area contributed by atoms with Crippen LogP contribution in [0.4, 0.5) is 5.69 Å². The van der Waals surface area contributed by atoms with E-state index in [1.165, 1.54) is 0 Å². The third kappa shape index (κ3) is 4.35. The Hall–Kier alpha value is -2.82. The molecule has 3 aromatic rings. The van der Waals surface area contributed by atoms with E-state index in [-0.39, 0.29) is 5.69 Å². The zero-order chi connectivity index (χ0) is 21.1. The quantitative estimate of drug-likeness (QED) is 0.475. The van der Waals surface area contributed by atoms with Gasteiger partial charge in [-0.1, -0.05) is 18.2 Å². The maximum absolute atomic E-state index is 12.5. The van der Waals surface area contributed by atoms with Crippen molar-refractivity contribution in [2.75, 3.05) is 11.9 Å². The van der Waals surface area contributed by atoms with Crippen molar-refractivity contribution in [3.63, 3.8) is 0 Å². The number of para-hydroxylation sites is 1. The molecular formula is C21H20N2O6S. The molecule has 1 saturated heterocycles. The highest BCUT2D eigenvalue weighted by Crippen LogP contribution is 2.35. The number of rotatable bonds is 6. The zero-order valence-electron chi connectivity index (χ0n) is 15.7. The maximum Gasteiger partial charge on any atom is 0.275 e. The highest BCUT2D eigenvalue weighted by atomic mass is 32.1. The Balaban J connectivity index is 1.39. The molecule has 0 bridgehead atoms. The van der Waals surface area contributed by atoms with Gasteiger partial charge in [-0.05, 0) is 36.4 Å². The van der Waals surface area contributed by atoms with E-state index in [0.717, 1.165) is 11.3 Å². The first kappa shape index (κ1) is 20.5. The van der Waals surface area contributed by atoms with Gasteiger partial charge >= 0.3 is 0 Å². The molecule has 0 spiro atoms. The van der Waals surface area contributed by atoms with E-state index in [9.17, 15) is 20.1 Å². The Kier molecular flexibility index (Phi) is 6.07. The summed E-state index contributed by atoms with van der Waals surface area (Å²) in [5.41, 5.74) is 0.736. The van der Waals surface area contributed by atoms with Gasteiger partial charge in [0, 0.05) is 11.1 Å². The summed E-state index contributed by atoms with van der Waals surface area (Å²) >= 11 is 1.14. The first-order valence-electron chi connectivity index (χ1n) is 9.27. The van der Waals surface area contributed by atoms with Crippen molar-refractivity contribution < 1.29 is 29.6 Å². The fourth-order valence-corrected chi connectivity index (χ4v) is 3.92. The van der Waals surface area contributed by atoms with Crippen LogP contribution in [0.3, 0.4) is 0 Å². The summed E-state index contributed by atoms with van der Waals surface area (Å²) in [6.45, 7) is -0.419. The minimum Gasteiger partial charge on any atom is -0.457 e. The van der Waals surface area contributed by atoms with Crippen molar-refractivity contribution in [1.29, 1.82) is 0 Å². The summed E-state index contributed by atoms with van der Waals surface area (Å²) in [5.74, 6) is 0.939. The molecule has 1 aliphatic rings. The van der Waals surface area contributed by atoms with E-state index >= 15 is 0 Å². The number of thiazole rings is 1. The summed E-state index contributed by atoms with van der Waals surface area (Å²) in [6.07, 6.45) is -4.21. The van der Waals surface area contributed by atoms with Crippen LogP contribution in [0.25, 0.3) is 0 Å². The third-order valence-electron chi connectivity index (χ3n) is 4.63. The largest absolute Gasteiger partial charge is 0.457 e. The number of hydrogen-bond donors (Lipinski definition) is 4. The Morgan fingerprint density at radius 3 is 2.43 bits per heavy atom. The van der Waals surface area contributed by atoms with Crippen molar-refractivity contribution in [3.8, 4) is 11.5 Å². The highest BCUT2D eigenvalue weighted by Gasteiger charge is 2.44. The molecule has 4 rings (SSSR count). The number of anilines is 1. The molecule has 0 aliphatic carbocycles. The second kappa shape index (κ2) is 8.90. The van der Waals surface area contributed by atoms with Gasteiger partial charge in [0.1, 0.15) is 46.6 Å². The predicted octanol–water partition coefficient (Wildman–Crippen LogP) is 2.34. The number of nitrogens with one attached hydrogen (secondary N) is 1. The molecule has 1 aliphatic heterocycles. The van der Waals surface area contributed by atoms with Gasteiger partial charge in [0.2, 0.25) is 0 Å². The molecule has 9 heteroatoms. The molecule has 2 heterocycles. The number of amides is 1. The maximum atomic E-state index is 12.5. The Morgan fingerprint density at radius 1 is 1.07 bits per heavy atom. The van der Waals surface area contributed by atoms with Crippen molar-refractivity contribution in [2.45, 2.75) is 24.4 Å². The standard InChI is InChI=1S/C21H20N2O6S/c24-10-16-17(25)18(26)19(29-16)21-23-15(11-30-21)20(27)22-12-6-8-14(9-7-12)28-13-4-2-1-3-5-13/h1-9,11,16-19,24-26H,10H2,(H,22,27)/t16-,17-,18-,19-/m1/s1. The van der Waals surface area contributed by atoms with Gasteiger partial charge in [0.05, 0.1) is 6.61 Å². The molecule has 0 saturated carbocycles. The smallest absolute Gasteiger partial charge is 0.275 e.